The average molecular weight is 519 g/mol. The van der Waals surface area contributed by atoms with Gasteiger partial charge in [-0.05, 0) is 67.8 Å². The number of hydrogen-bond donors (Lipinski definition) is 2. The number of para-hydroxylation sites is 1. The molecule has 0 aliphatic carbocycles. The molecule has 0 radical (unpaired) electrons. The first-order valence-electron chi connectivity index (χ1n) is 12.1. The minimum Gasteiger partial charge on any atom is -0.490 e. The standard InChI is InChI=1S/C28H30N4O4S/c1-31-13-15-32(16-14-31)27(34)22-8-5-9-23(19-22)29-28(37)30-26(33)21-7-6-12-25(20-21)36-18-17-35-24-10-3-2-4-11-24/h2-12,19-20H,13-18H2,1H3,(H2,29,30,33,37). The number of hydrogen-bond acceptors (Lipinski definition) is 6. The van der Waals surface area contributed by atoms with Crippen LogP contribution in [0.5, 0.6) is 11.5 Å². The van der Waals surface area contributed by atoms with Crippen molar-refractivity contribution in [2.45, 2.75) is 0 Å². The van der Waals surface area contributed by atoms with Crippen LogP contribution >= 0.6 is 12.2 Å². The molecule has 1 aliphatic heterocycles. The van der Waals surface area contributed by atoms with Crippen molar-refractivity contribution in [2.24, 2.45) is 0 Å². The summed E-state index contributed by atoms with van der Waals surface area (Å²) < 4.78 is 11.3. The number of amides is 2. The van der Waals surface area contributed by atoms with Gasteiger partial charge in [0.1, 0.15) is 24.7 Å². The fourth-order valence-electron chi connectivity index (χ4n) is 3.82. The Morgan fingerprint density at radius 2 is 1.46 bits per heavy atom. The maximum Gasteiger partial charge on any atom is 0.257 e. The summed E-state index contributed by atoms with van der Waals surface area (Å²) in [6.45, 7) is 3.82. The fourth-order valence-corrected chi connectivity index (χ4v) is 4.03. The van der Waals surface area contributed by atoms with Gasteiger partial charge < -0.3 is 24.6 Å². The molecule has 0 bridgehead atoms. The number of nitrogens with one attached hydrogen (secondary N) is 2. The molecule has 4 rings (SSSR count). The maximum absolute atomic E-state index is 12.9. The molecule has 0 spiro atoms. The average Bonchev–Trinajstić information content (AvgIpc) is 2.92. The Kier molecular flexibility index (Phi) is 9.07. The van der Waals surface area contributed by atoms with Crippen molar-refractivity contribution in [3.05, 3.63) is 90.0 Å². The third-order valence-corrected chi connectivity index (χ3v) is 6.05. The first-order valence-corrected chi connectivity index (χ1v) is 12.5. The summed E-state index contributed by atoms with van der Waals surface area (Å²) in [7, 11) is 2.05. The van der Waals surface area contributed by atoms with Crippen molar-refractivity contribution >= 4 is 34.8 Å². The van der Waals surface area contributed by atoms with E-state index >= 15 is 0 Å². The van der Waals surface area contributed by atoms with E-state index in [0.717, 1.165) is 18.8 Å². The molecular formula is C28H30N4O4S. The van der Waals surface area contributed by atoms with E-state index in [1.54, 1.807) is 48.5 Å². The van der Waals surface area contributed by atoms with E-state index in [4.69, 9.17) is 21.7 Å². The summed E-state index contributed by atoms with van der Waals surface area (Å²) in [5.41, 5.74) is 1.61. The minimum absolute atomic E-state index is 0.0160. The first-order chi connectivity index (χ1) is 18.0. The quantitative estimate of drug-likeness (QED) is 0.348. The second-order valence-corrected chi connectivity index (χ2v) is 9.03. The highest BCUT2D eigenvalue weighted by Crippen LogP contribution is 2.16. The van der Waals surface area contributed by atoms with Crippen LogP contribution in [0.25, 0.3) is 0 Å². The summed E-state index contributed by atoms with van der Waals surface area (Å²) in [5, 5.41) is 5.81. The van der Waals surface area contributed by atoms with Crippen molar-refractivity contribution in [2.75, 3.05) is 51.8 Å². The number of ether oxygens (including phenoxy) is 2. The molecule has 3 aromatic carbocycles. The normalized spacial score (nSPS) is 13.5. The second-order valence-electron chi connectivity index (χ2n) is 8.62. The van der Waals surface area contributed by atoms with Crippen LogP contribution in [0.4, 0.5) is 5.69 Å². The number of nitrogens with zero attached hydrogens (tertiary/aromatic N) is 2. The maximum atomic E-state index is 12.9. The molecule has 0 aromatic heterocycles. The minimum atomic E-state index is -0.367. The number of carbonyl (C=O) groups excluding carboxylic acids is 2. The molecule has 3 aromatic rings. The molecule has 8 nitrogen and oxygen atoms in total. The lowest BCUT2D eigenvalue weighted by molar-refractivity contribution is 0.0664. The lowest BCUT2D eigenvalue weighted by Gasteiger charge is -2.32. The smallest absolute Gasteiger partial charge is 0.257 e. The van der Waals surface area contributed by atoms with E-state index in [-0.39, 0.29) is 16.9 Å². The van der Waals surface area contributed by atoms with Crippen LogP contribution in [0.3, 0.4) is 0 Å². The van der Waals surface area contributed by atoms with E-state index in [1.807, 2.05) is 42.3 Å². The van der Waals surface area contributed by atoms with Crippen molar-refractivity contribution in [3.8, 4) is 11.5 Å². The van der Waals surface area contributed by atoms with Crippen LogP contribution in [-0.4, -0.2) is 73.2 Å². The molecule has 1 saturated heterocycles. The van der Waals surface area contributed by atoms with Crippen molar-refractivity contribution in [3.63, 3.8) is 0 Å². The van der Waals surface area contributed by atoms with Crippen LogP contribution < -0.4 is 20.1 Å². The van der Waals surface area contributed by atoms with Gasteiger partial charge in [0, 0.05) is 43.0 Å². The highest BCUT2D eigenvalue weighted by molar-refractivity contribution is 7.80. The SMILES string of the molecule is CN1CCN(C(=O)c2cccc(NC(=S)NC(=O)c3cccc(OCCOc4ccccc4)c3)c2)CC1. The highest BCUT2D eigenvalue weighted by Gasteiger charge is 2.20. The molecule has 37 heavy (non-hydrogen) atoms. The van der Waals surface area contributed by atoms with Crippen LogP contribution in [0.15, 0.2) is 78.9 Å². The summed E-state index contributed by atoms with van der Waals surface area (Å²) in [4.78, 5) is 29.6. The Hall–Kier alpha value is -3.95. The molecule has 2 N–H and O–H groups in total. The monoisotopic (exact) mass is 518 g/mol. The van der Waals surface area contributed by atoms with Crippen LogP contribution in [0.1, 0.15) is 20.7 Å². The summed E-state index contributed by atoms with van der Waals surface area (Å²) in [5.74, 6) is 0.943. The predicted octanol–water partition coefficient (Wildman–Crippen LogP) is 3.66. The van der Waals surface area contributed by atoms with E-state index in [0.29, 0.717) is 48.9 Å². The lowest BCUT2D eigenvalue weighted by Crippen LogP contribution is -2.47. The predicted molar refractivity (Wildman–Crippen MR) is 147 cm³/mol. The molecular weight excluding hydrogens is 488 g/mol. The van der Waals surface area contributed by atoms with Crippen LogP contribution in [0, 0.1) is 0 Å². The van der Waals surface area contributed by atoms with E-state index in [1.165, 1.54) is 0 Å². The topological polar surface area (TPSA) is 83.1 Å². The van der Waals surface area contributed by atoms with Gasteiger partial charge in [-0.1, -0.05) is 30.3 Å². The number of anilines is 1. The van der Waals surface area contributed by atoms with Crippen molar-refractivity contribution in [1.29, 1.82) is 0 Å². The van der Waals surface area contributed by atoms with Crippen molar-refractivity contribution < 1.29 is 19.1 Å². The molecule has 9 heteroatoms. The van der Waals surface area contributed by atoms with Crippen molar-refractivity contribution in [1.82, 2.24) is 15.1 Å². The van der Waals surface area contributed by atoms with E-state index in [9.17, 15) is 9.59 Å². The van der Waals surface area contributed by atoms with Gasteiger partial charge in [0.2, 0.25) is 0 Å². The van der Waals surface area contributed by atoms with Gasteiger partial charge in [-0.25, -0.2) is 0 Å². The Morgan fingerprint density at radius 3 is 2.22 bits per heavy atom. The molecule has 0 atom stereocenters. The number of rotatable bonds is 8. The lowest BCUT2D eigenvalue weighted by atomic mass is 10.1. The summed E-state index contributed by atoms with van der Waals surface area (Å²) >= 11 is 5.33. The van der Waals surface area contributed by atoms with Gasteiger partial charge >= 0.3 is 0 Å². The molecule has 192 valence electrons. The third kappa shape index (κ3) is 7.77. The zero-order chi connectivity index (χ0) is 26.0. The molecule has 1 heterocycles. The number of thiocarbonyl (C=S) groups is 1. The number of piperazine rings is 1. The van der Waals surface area contributed by atoms with E-state index < -0.39 is 0 Å². The summed E-state index contributed by atoms with van der Waals surface area (Å²) in [6.07, 6.45) is 0. The molecule has 1 fully saturated rings. The molecule has 2 amide bonds. The van der Waals surface area contributed by atoms with Gasteiger partial charge in [0.15, 0.2) is 5.11 Å². The molecule has 0 saturated carbocycles. The largest absolute Gasteiger partial charge is 0.490 e. The highest BCUT2D eigenvalue weighted by atomic mass is 32.1. The van der Waals surface area contributed by atoms with Crippen LogP contribution in [0.2, 0.25) is 0 Å². The van der Waals surface area contributed by atoms with Gasteiger partial charge in [0.05, 0.1) is 0 Å². The number of benzene rings is 3. The van der Waals surface area contributed by atoms with Gasteiger partial charge in [-0.3, -0.25) is 14.9 Å². The van der Waals surface area contributed by atoms with Gasteiger partial charge in [-0.15, -0.1) is 0 Å². The Labute approximate surface area is 222 Å². The third-order valence-electron chi connectivity index (χ3n) is 5.85. The Balaban J connectivity index is 1.27. The molecule has 1 aliphatic rings. The number of likely N-dealkylation sites (N-methyl/N-ethyl adjacent to an activating group) is 1. The van der Waals surface area contributed by atoms with E-state index in [2.05, 4.69) is 15.5 Å². The number of carbonyl (C=O) groups is 2. The summed E-state index contributed by atoms with van der Waals surface area (Å²) in [6, 6.07) is 23.5. The zero-order valence-corrected chi connectivity index (χ0v) is 21.5. The van der Waals surface area contributed by atoms with Gasteiger partial charge in [-0.2, -0.15) is 0 Å². The fraction of sp³-hybridized carbons (Fsp3) is 0.250. The van der Waals surface area contributed by atoms with Gasteiger partial charge in [0.25, 0.3) is 11.8 Å². The Bertz CT molecular complexity index is 1230. The molecule has 0 unspecified atom stereocenters. The zero-order valence-electron chi connectivity index (χ0n) is 20.7. The first kappa shape index (κ1) is 26.1. The Morgan fingerprint density at radius 1 is 0.811 bits per heavy atom. The van der Waals surface area contributed by atoms with Crippen LogP contribution in [-0.2, 0) is 0 Å². The second kappa shape index (κ2) is 12.8.